The maximum Gasteiger partial charge on any atom is 0.123 e. The van der Waals surface area contributed by atoms with Gasteiger partial charge in [0.15, 0.2) is 0 Å². The SMILES string of the molecule is Cc1ccc(F)cc1C(N)CC1CC1. The molecule has 0 bridgehead atoms. The Hall–Kier alpha value is -0.890. The molecule has 0 saturated heterocycles. The van der Waals surface area contributed by atoms with Crippen LogP contribution in [0.2, 0.25) is 0 Å². The van der Waals surface area contributed by atoms with Crippen molar-refractivity contribution in [1.82, 2.24) is 0 Å². The third kappa shape index (κ3) is 2.13. The Morgan fingerprint density at radius 1 is 1.50 bits per heavy atom. The van der Waals surface area contributed by atoms with Gasteiger partial charge in [0.2, 0.25) is 0 Å². The molecule has 1 aromatic rings. The summed E-state index contributed by atoms with van der Waals surface area (Å²) in [6.07, 6.45) is 3.59. The number of aryl methyl sites for hydroxylation is 1. The Kier molecular flexibility index (Phi) is 2.55. The minimum atomic E-state index is -0.183. The highest BCUT2D eigenvalue weighted by molar-refractivity contribution is 5.29. The summed E-state index contributed by atoms with van der Waals surface area (Å²) < 4.78 is 13.0. The summed E-state index contributed by atoms with van der Waals surface area (Å²) in [5.41, 5.74) is 8.11. The first-order chi connectivity index (χ1) is 6.66. The number of rotatable bonds is 3. The van der Waals surface area contributed by atoms with Crippen LogP contribution in [0.25, 0.3) is 0 Å². The summed E-state index contributed by atoms with van der Waals surface area (Å²) in [5.74, 6) is 0.601. The standard InChI is InChI=1S/C12H16FN/c1-8-2-5-10(13)7-11(8)12(14)6-9-3-4-9/h2,5,7,9,12H,3-4,6,14H2,1H3. The zero-order chi connectivity index (χ0) is 10.1. The zero-order valence-electron chi connectivity index (χ0n) is 8.46. The fraction of sp³-hybridized carbons (Fsp3) is 0.500. The van der Waals surface area contributed by atoms with Crippen molar-refractivity contribution in [2.45, 2.75) is 32.2 Å². The lowest BCUT2D eigenvalue weighted by molar-refractivity contribution is 0.580. The van der Waals surface area contributed by atoms with Gasteiger partial charge in [-0.2, -0.15) is 0 Å². The molecule has 1 saturated carbocycles. The predicted octanol–water partition coefficient (Wildman–Crippen LogP) is 2.93. The molecule has 14 heavy (non-hydrogen) atoms. The van der Waals surface area contributed by atoms with Crippen LogP contribution in [0.15, 0.2) is 18.2 Å². The predicted molar refractivity (Wildman–Crippen MR) is 55.4 cm³/mol. The molecule has 2 heteroatoms. The molecule has 1 aromatic carbocycles. The molecule has 1 unspecified atom stereocenters. The van der Waals surface area contributed by atoms with E-state index in [2.05, 4.69) is 0 Å². The maximum absolute atomic E-state index is 13.0. The van der Waals surface area contributed by atoms with Gasteiger partial charge in [0.05, 0.1) is 0 Å². The van der Waals surface area contributed by atoms with E-state index >= 15 is 0 Å². The molecule has 0 amide bonds. The third-order valence-corrected chi connectivity index (χ3v) is 2.92. The van der Waals surface area contributed by atoms with Crippen LogP contribution < -0.4 is 5.73 Å². The molecular weight excluding hydrogens is 177 g/mol. The highest BCUT2D eigenvalue weighted by atomic mass is 19.1. The molecule has 76 valence electrons. The van der Waals surface area contributed by atoms with E-state index in [4.69, 9.17) is 5.73 Å². The lowest BCUT2D eigenvalue weighted by Crippen LogP contribution is -2.12. The highest BCUT2D eigenvalue weighted by Gasteiger charge is 2.25. The highest BCUT2D eigenvalue weighted by Crippen LogP contribution is 2.37. The molecule has 2 N–H and O–H groups in total. The van der Waals surface area contributed by atoms with E-state index in [1.54, 1.807) is 12.1 Å². The van der Waals surface area contributed by atoms with Crippen molar-refractivity contribution in [2.24, 2.45) is 11.7 Å². The fourth-order valence-corrected chi connectivity index (χ4v) is 1.85. The van der Waals surface area contributed by atoms with Crippen molar-refractivity contribution in [3.05, 3.63) is 35.1 Å². The monoisotopic (exact) mass is 193 g/mol. The minimum Gasteiger partial charge on any atom is -0.324 e. The Balaban J connectivity index is 2.15. The van der Waals surface area contributed by atoms with Gasteiger partial charge < -0.3 is 5.73 Å². The second-order valence-corrected chi connectivity index (χ2v) is 4.29. The van der Waals surface area contributed by atoms with Gasteiger partial charge in [0.1, 0.15) is 5.82 Å². The Morgan fingerprint density at radius 2 is 2.21 bits per heavy atom. The van der Waals surface area contributed by atoms with Crippen molar-refractivity contribution in [1.29, 1.82) is 0 Å². The maximum atomic E-state index is 13.0. The molecule has 0 heterocycles. The van der Waals surface area contributed by atoms with Crippen molar-refractivity contribution in [3.8, 4) is 0 Å². The molecular formula is C12H16FN. The number of nitrogens with two attached hydrogens (primary N) is 1. The van der Waals surface area contributed by atoms with Crippen LogP contribution in [0.5, 0.6) is 0 Å². The van der Waals surface area contributed by atoms with Gasteiger partial charge >= 0.3 is 0 Å². The largest absolute Gasteiger partial charge is 0.324 e. The fourth-order valence-electron chi connectivity index (χ4n) is 1.85. The van der Waals surface area contributed by atoms with Gasteiger partial charge in [-0.1, -0.05) is 18.9 Å². The normalized spacial score (nSPS) is 18.2. The Morgan fingerprint density at radius 3 is 2.86 bits per heavy atom. The van der Waals surface area contributed by atoms with Crippen LogP contribution in [-0.4, -0.2) is 0 Å². The van der Waals surface area contributed by atoms with Crippen LogP contribution in [0.3, 0.4) is 0 Å². The van der Waals surface area contributed by atoms with E-state index in [1.165, 1.54) is 18.9 Å². The van der Waals surface area contributed by atoms with Crippen molar-refractivity contribution < 1.29 is 4.39 Å². The van der Waals surface area contributed by atoms with Crippen LogP contribution in [-0.2, 0) is 0 Å². The summed E-state index contributed by atoms with van der Waals surface area (Å²) in [7, 11) is 0. The van der Waals surface area contributed by atoms with Crippen LogP contribution in [0, 0.1) is 18.7 Å². The zero-order valence-corrected chi connectivity index (χ0v) is 8.46. The minimum absolute atomic E-state index is 0.0122. The van der Waals surface area contributed by atoms with Crippen molar-refractivity contribution in [3.63, 3.8) is 0 Å². The van der Waals surface area contributed by atoms with E-state index in [0.717, 1.165) is 23.5 Å². The van der Waals surface area contributed by atoms with Gasteiger partial charge in [0, 0.05) is 6.04 Å². The molecule has 1 atom stereocenters. The molecule has 2 rings (SSSR count). The van der Waals surface area contributed by atoms with Gasteiger partial charge in [-0.3, -0.25) is 0 Å². The first-order valence-corrected chi connectivity index (χ1v) is 5.18. The summed E-state index contributed by atoms with van der Waals surface area (Å²) in [4.78, 5) is 0. The number of hydrogen-bond donors (Lipinski definition) is 1. The van der Waals surface area contributed by atoms with Crippen molar-refractivity contribution >= 4 is 0 Å². The van der Waals surface area contributed by atoms with Gasteiger partial charge in [-0.25, -0.2) is 4.39 Å². The second kappa shape index (κ2) is 3.70. The van der Waals surface area contributed by atoms with E-state index in [1.807, 2.05) is 6.92 Å². The quantitative estimate of drug-likeness (QED) is 0.784. The summed E-state index contributed by atoms with van der Waals surface area (Å²) >= 11 is 0. The lowest BCUT2D eigenvalue weighted by atomic mass is 9.97. The molecule has 1 aliphatic carbocycles. The summed E-state index contributed by atoms with van der Waals surface area (Å²) in [5, 5.41) is 0. The Bertz CT molecular complexity index is 331. The molecule has 1 nitrogen and oxygen atoms in total. The number of benzene rings is 1. The van der Waals surface area contributed by atoms with E-state index in [9.17, 15) is 4.39 Å². The van der Waals surface area contributed by atoms with E-state index in [-0.39, 0.29) is 11.9 Å². The molecule has 1 fully saturated rings. The number of hydrogen-bond acceptors (Lipinski definition) is 1. The summed E-state index contributed by atoms with van der Waals surface area (Å²) in [6, 6.07) is 4.88. The first-order valence-electron chi connectivity index (χ1n) is 5.18. The second-order valence-electron chi connectivity index (χ2n) is 4.29. The molecule has 0 aromatic heterocycles. The lowest BCUT2D eigenvalue weighted by Gasteiger charge is -2.14. The Labute approximate surface area is 84.1 Å². The smallest absolute Gasteiger partial charge is 0.123 e. The van der Waals surface area contributed by atoms with E-state index in [0.29, 0.717) is 0 Å². The van der Waals surface area contributed by atoms with Crippen LogP contribution >= 0.6 is 0 Å². The van der Waals surface area contributed by atoms with Gasteiger partial charge in [-0.05, 0) is 42.5 Å². The molecule has 0 aliphatic heterocycles. The molecule has 0 spiro atoms. The molecule has 1 aliphatic rings. The third-order valence-electron chi connectivity index (χ3n) is 2.92. The van der Waals surface area contributed by atoms with Crippen molar-refractivity contribution in [2.75, 3.05) is 0 Å². The van der Waals surface area contributed by atoms with Crippen LogP contribution in [0.4, 0.5) is 4.39 Å². The summed E-state index contributed by atoms with van der Waals surface area (Å²) in [6.45, 7) is 1.99. The molecule has 0 radical (unpaired) electrons. The van der Waals surface area contributed by atoms with Crippen LogP contribution in [0.1, 0.15) is 36.4 Å². The van der Waals surface area contributed by atoms with E-state index < -0.39 is 0 Å². The average Bonchev–Trinajstić information content (AvgIpc) is 2.93. The van der Waals surface area contributed by atoms with Gasteiger partial charge in [0.25, 0.3) is 0 Å². The van der Waals surface area contributed by atoms with Gasteiger partial charge in [-0.15, -0.1) is 0 Å². The first kappa shape index (κ1) is 9.66. The number of halogens is 1. The average molecular weight is 193 g/mol. The topological polar surface area (TPSA) is 26.0 Å².